The smallest absolute Gasteiger partial charge is 0.170 e. The minimum atomic E-state index is -0.219. The molecule has 13 heavy (non-hydrogen) atoms. The van der Waals surface area contributed by atoms with E-state index in [9.17, 15) is 4.39 Å². The lowest BCUT2D eigenvalue weighted by atomic mass is 10.4. The van der Waals surface area contributed by atoms with Gasteiger partial charge in [0.1, 0.15) is 5.82 Å². The first-order valence-electron chi connectivity index (χ1n) is 3.77. The summed E-state index contributed by atoms with van der Waals surface area (Å²) in [5.74, 6) is -0.219. The number of benzene rings is 1. The van der Waals surface area contributed by atoms with Gasteiger partial charge in [-0.25, -0.2) is 9.37 Å². The fraction of sp³-hybridized carbons (Fsp3) is 0. The van der Waals surface area contributed by atoms with Crippen LogP contribution in [0, 0.1) is 5.82 Å². The average Bonchev–Trinajstić information content (AvgIpc) is 2.62. The van der Waals surface area contributed by atoms with Crippen molar-refractivity contribution in [2.75, 3.05) is 0 Å². The number of nitrogens with zero attached hydrogens (tertiary/aromatic N) is 1. The summed E-state index contributed by atoms with van der Waals surface area (Å²) in [5, 5.41) is 0.812. The van der Waals surface area contributed by atoms with Crippen LogP contribution in [0.15, 0.2) is 46.7 Å². The molecule has 0 unspecified atom stereocenters. The summed E-state index contributed by atoms with van der Waals surface area (Å²) < 4.78 is 12.5. The first kappa shape index (κ1) is 8.31. The molecule has 0 amide bonds. The van der Waals surface area contributed by atoms with Crippen LogP contribution in [0.25, 0.3) is 0 Å². The molecule has 1 aromatic carbocycles. The molecule has 0 aliphatic carbocycles. The molecular formula is C9H7FN2S. The molecule has 4 heteroatoms. The van der Waals surface area contributed by atoms with Crippen LogP contribution in [0.4, 0.5) is 4.39 Å². The standard InChI is InChI=1S/C9H7FN2S/c10-7-1-3-8(4-2-7)13-9-11-5-6-12-9/h1-6H,(H,11,12). The summed E-state index contributed by atoms with van der Waals surface area (Å²) in [7, 11) is 0. The summed E-state index contributed by atoms with van der Waals surface area (Å²) in [5.41, 5.74) is 0. The highest BCUT2D eigenvalue weighted by atomic mass is 32.2. The maximum absolute atomic E-state index is 12.5. The summed E-state index contributed by atoms with van der Waals surface area (Å²) >= 11 is 1.47. The number of H-pyrrole nitrogens is 1. The second-order valence-corrected chi connectivity index (χ2v) is 3.51. The quantitative estimate of drug-likeness (QED) is 0.796. The molecule has 2 rings (SSSR count). The largest absolute Gasteiger partial charge is 0.339 e. The van der Waals surface area contributed by atoms with Crippen molar-refractivity contribution in [1.82, 2.24) is 9.97 Å². The van der Waals surface area contributed by atoms with E-state index < -0.39 is 0 Å². The average molecular weight is 194 g/mol. The van der Waals surface area contributed by atoms with Crippen molar-refractivity contribution in [3.63, 3.8) is 0 Å². The maximum atomic E-state index is 12.5. The van der Waals surface area contributed by atoms with Gasteiger partial charge < -0.3 is 4.98 Å². The number of halogens is 1. The van der Waals surface area contributed by atoms with Gasteiger partial charge in [0.2, 0.25) is 0 Å². The van der Waals surface area contributed by atoms with E-state index in [1.807, 2.05) is 0 Å². The first-order chi connectivity index (χ1) is 6.34. The number of rotatable bonds is 2. The van der Waals surface area contributed by atoms with Gasteiger partial charge in [-0.05, 0) is 24.3 Å². The molecule has 0 radical (unpaired) electrons. The van der Waals surface area contributed by atoms with E-state index in [1.54, 1.807) is 24.5 Å². The Hall–Kier alpha value is -1.29. The minimum absolute atomic E-state index is 0.219. The predicted molar refractivity (Wildman–Crippen MR) is 49.1 cm³/mol. The number of aromatic amines is 1. The number of nitrogens with one attached hydrogen (secondary N) is 1. The van der Waals surface area contributed by atoms with E-state index >= 15 is 0 Å². The number of hydrogen-bond donors (Lipinski definition) is 1. The summed E-state index contributed by atoms with van der Waals surface area (Å²) in [6.07, 6.45) is 3.44. The van der Waals surface area contributed by atoms with E-state index in [4.69, 9.17) is 0 Å². The van der Waals surface area contributed by atoms with Gasteiger partial charge in [0, 0.05) is 17.3 Å². The Morgan fingerprint density at radius 3 is 2.62 bits per heavy atom. The lowest BCUT2D eigenvalue weighted by Gasteiger charge is -1.96. The first-order valence-corrected chi connectivity index (χ1v) is 4.59. The molecule has 2 nitrogen and oxygen atoms in total. The zero-order valence-electron chi connectivity index (χ0n) is 6.70. The van der Waals surface area contributed by atoms with Crippen molar-refractivity contribution in [2.45, 2.75) is 10.1 Å². The van der Waals surface area contributed by atoms with Gasteiger partial charge >= 0.3 is 0 Å². The fourth-order valence-electron chi connectivity index (χ4n) is 0.921. The molecule has 0 aliphatic rings. The third-order valence-electron chi connectivity index (χ3n) is 1.50. The van der Waals surface area contributed by atoms with E-state index in [1.165, 1.54) is 23.9 Å². The number of aromatic nitrogens is 2. The Morgan fingerprint density at radius 1 is 1.23 bits per heavy atom. The van der Waals surface area contributed by atoms with Crippen LogP contribution in [0.3, 0.4) is 0 Å². The summed E-state index contributed by atoms with van der Waals surface area (Å²) in [6.45, 7) is 0. The summed E-state index contributed by atoms with van der Waals surface area (Å²) in [4.78, 5) is 7.97. The molecule has 1 heterocycles. The second-order valence-electron chi connectivity index (χ2n) is 2.45. The highest BCUT2D eigenvalue weighted by Crippen LogP contribution is 2.23. The van der Waals surface area contributed by atoms with E-state index in [0.29, 0.717) is 0 Å². The van der Waals surface area contributed by atoms with E-state index in [-0.39, 0.29) is 5.82 Å². The van der Waals surface area contributed by atoms with Crippen LogP contribution in [-0.2, 0) is 0 Å². The van der Waals surface area contributed by atoms with E-state index in [0.717, 1.165) is 10.1 Å². The molecule has 0 aliphatic heterocycles. The summed E-state index contributed by atoms with van der Waals surface area (Å²) in [6, 6.07) is 6.32. The van der Waals surface area contributed by atoms with E-state index in [2.05, 4.69) is 9.97 Å². The Bertz CT molecular complexity index is 369. The topological polar surface area (TPSA) is 28.7 Å². The number of imidazole rings is 1. The van der Waals surface area contributed by atoms with Crippen LogP contribution < -0.4 is 0 Å². The SMILES string of the molecule is Fc1ccc(Sc2ncc[nH]2)cc1. The molecule has 2 aromatic rings. The van der Waals surface area contributed by atoms with Crippen molar-refractivity contribution in [3.05, 3.63) is 42.5 Å². The lowest BCUT2D eigenvalue weighted by molar-refractivity contribution is 0.626. The molecule has 0 bridgehead atoms. The minimum Gasteiger partial charge on any atom is -0.339 e. The third-order valence-corrected chi connectivity index (χ3v) is 2.43. The van der Waals surface area contributed by atoms with Gasteiger partial charge in [-0.2, -0.15) is 0 Å². The van der Waals surface area contributed by atoms with Gasteiger partial charge in [0.15, 0.2) is 5.16 Å². The Kier molecular flexibility index (Phi) is 2.31. The van der Waals surface area contributed by atoms with Gasteiger partial charge in [0.25, 0.3) is 0 Å². The monoisotopic (exact) mass is 194 g/mol. The Morgan fingerprint density at radius 2 is 2.00 bits per heavy atom. The van der Waals surface area contributed by atoms with Crippen molar-refractivity contribution < 1.29 is 4.39 Å². The van der Waals surface area contributed by atoms with Gasteiger partial charge in [-0.3, -0.25) is 0 Å². The molecule has 0 fully saturated rings. The highest BCUT2D eigenvalue weighted by Gasteiger charge is 1.98. The highest BCUT2D eigenvalue weighted by molar-refractivity contribution is 7.99. The molecule has 1 N–H and O–H groups in total. The molecule has 0 saturated carbocycles. The molecule has 0 atom stereocenters. The fourth-order valence-corrected chi connectivity index (χ4v) is 1.66. The van der Waals surface area contributed by atoms with Crippen molar-refractivity contribution >= 4 is 11.8 Å². The van der Waals surface area contributed by atoms with Crippen LogP contribution in [0.1, 0.15) is 0 Å². The van der Waals surface area contributed by atoms with Gasteiger partial charge in [0.05, 0.1) is 0 Å². The van der Waals surface area contributed by atoms with Crippen LogP contribution in [0.5, 0.6) is 0 Å². The molecule has 66 valence electrons. The lowest BCUT2D eigenvalue weighted by Crippen LogP contribution is -1.76. The second kappa shape index (κ2) is 3.62. The Balaban J connectivity index is 2.15. The van der Waals surface area contributed by atoms with Crippen molar-refractivity contribution in [1.29, 1.82) is 0 Å². The number of hydrogen-bond acceptors (Lipinski definition) is 2. The van der Waals surface area contributed by atoms with Gasteiger partial charge in [-0.15, -0.1) is 0 Å². The maximum Gasteiger partial charge on any atom is 0.170 e. The van der Waals surface area contributed by atoms with Crippen molar-refractivity contribution in [3.8, 4) is 0 Å². The molecule has 0 saturated heterocycles. The van der Waals surface area contributed by atoms with Crippen LogP contribution in [-0.4, -0.2) is 9.97 Å². The van der Waals surface area contributed by atoms with Gasteiger partial charge in [-0.1, -0.05) is 11.8 Å². The normalized spacial score (nSPS) is 10.2. The molecule has 0 spiro atoms. The Labute approximate surface area is 79.2 Å². The van der Waals surface area contributed by atoms with Crippen LogP contribution in [0.2, 0.25) is 0 Å². The van der Waals surface area contributed by atoms with Crippen LogP contribution >= 0.6 is 11.8 Å². The molecular weight excluding hydrogens is 187 g/mol. The van der Waals surface area contributed by atoms with Crippen molar-refractivity contribution in [2.24, 2.45) is 0 Å². The molecule has 1 aromatic heterocycles. The zero-order chi connectivity index (χ0) is 9.10. The third kappa shape index (κ3) is 2.09. The zero-order valence-corrected chi connectivity index (χ0v) is 7.51. The predicted octanol–water partition coefficient (Wildman–Crippen LogP) is 2.70.